The van der Waals surface area contributed by atoms with Gasteiger partial charge in [0.05, 0.1) is 12.3 Å². The molecule has 0 atom stereocenters. The van der Waals surface area contributed by atoms with Crippen molar-refractivity contribution >= 4 is 34.1 Å². The summed E-state index contributed by atoms with van der Waals surface area (Å²) in [7, 11) is 0. The van der Waals surface area contributed by atoms with Gasteiger partial charge in [-0.15, -0.1) is 11.3 Å². The van der Waals surface area contributed by atoms with Crippen LogP contribution in [-0.4, -0.2) is 46.0 Å². The number of hydrogen-bond donors (Lipinski definition) is 2. The highest BCUT2D eigenvalue weighted by molar-refractivity contribution is 7.15. The number of oxime groups is 1. The van der Waals surface area contributed by atoms with Crippen LogP contribution < -0.4 is 5.32 Å². The Balaban J connectivity index is 2.09. The van der Waals surface area contributed by atoms with Crippen molar-refractivity contribution < 1.29 is 19.2 Å². The summed E-state index contributed by atoms with van der Waals surface area (Å²) >= 11 is 1.38. The Morgan fingerprint density at radius 2 is 2.24 bits per heavy atom. The number of ether oxygens (including phenoxy) is 1. The zero-order valence-corrected chi connectivity index (χ0v) is 14.9. The lowest BCUT2D eigenvalue weighted by molar-refractivity contribution is -0.148. The number of aromatic amines is 1. The van der Waals surface area contributed by atoms with Gasteiger partial charge in [0.25, 0.3) is 5.91 Å². The number of aromatic nitrogens is 3. The molecule has 2 aromatic heterocycles. The fourth-order valence-electron chi connectivity index (χ4n) is 1.72. The quantitative estimate of drug-likeness (QED) is 0.419. The number of rotatable bonds is 8. The molecule has 0 unspecified atom stereocenters. The number of hydrogen-bond acceptors (Lipinski definition) is 8. The lowest BCUT2D eigenvalue weighted by Gasteiger charge is -2.05. The van der Waals surface area contributed by atoms with Crippen molar-refractivity contribution in [3.63, 3.8) is 0 Å². The molecular formula is C15H19N5O4S. The maximum atomic E-state index is 12.5. The Hall–Kier alpha value is -2.75. The molecule has 2 heterocycles. The summed E-state index contributed by atoms with van der Waals surface area (Å²) in [4.78, 5) is 33.9. The molecule has 25 heavy (non-hydrogen) atoms. The van der Waals surface area contributed by atoms with Crippen LogP contribution in [0.4, 0.5) is 5.13 Å². The van der Waals surface area contributed by atoms with Crippen LogP contribution in [0.1, 0.15) is 37.3 Å². The first-order chi connectivity index (χ1) is 12.0. The molecule has 0 radical (unpaired) electrons. The maximum Gasteiger partial charge on any atom is 0.347 e. The van der Waals surface area contributed by atoms with Gasteiger partial charge in [0.1, 0.15) is 0 Å². The van der Waals surface area contributed by atoms with E-state index in [1.54, 1.807) is 19.2 Å². The van der Waals surface area contributed by atoms with Gasteiger partial charge in [0, 0.05) is 17.3 Å². The van der Waals surface area contributed by atoms with Crippen LogP contribution in [-0.2, 0) is 19.2 Å². The summed E-state index contributed by atoms with van der Waals surface area (Å²) in [5.74, 6) is -0.785. The molecule has 0 saturated heterocycles. The SMILES string of the molecule is CCOC(=O)CON=C(C(=O)Nc1ncc(C(C)C)s1)c1ccn[nH]1. The Labute approximate surface area is 148 Å². The van der Waals surface area contributed by atoms with E-state index in [1.165, 1.54) is 17.5 Å². The summed E-state index contributed by atoms with van der Waals surface area (Å²) < 4.78 is 4.73. The fraction of sp³-hybridized carbons (Fsp3) is 0.400. The Bertz CT molecular complexity index is 739. The zero-order chi connectivity index (χ0) is 18.2. The third kappa shape index (κ3) is 5.38. The van der Waals surface area contributed by atoms with Gasteiger partial charge in [-0.2, -0.15) is 5.10 Å². The van der Waals surface area contributed by atoms with Crippen LogP contribution in [0.15, 0.2) is 23.6 Å². The van der Waals surface area contributed by atoms with Crippen molar-refractivity contribution in [2.24, 2.45) is 5.16 Å². The second-order valence-electron chi connectivity index (χ2n) is 5.17. The van der Waals surface area contributed by atoms with Crippen molar-refractivity contribution in [1.29, 1.82) is 0 Å². The molecule has 0 saturated carbocycles. The van der Waals surface area contributed by atoms with E-state index in [0.29, 0.717) is 16.7 Å². The van der Waals surface area contributed by atoms with Gasteiger partial charge >= 0.3 is 5.97 Å². The van der Waals surface area contributed by atoms with Crippen LogP contribution in [0.5, 0.6) is 0 Å². The van der Waals surface area contributed by atoms with Crippen molar-refractivity contribution in [3.8, 4) is 0 Å². The molecule has 0 aliphatic carbocycles. The molecule has 2 rings (SSSR count). The van der Waals surface area contributed by atoms with Gasteiger partial charge in [-0.25, -0.2) is 9.78 Å². The molecular weight excluding hydrogens is 346 g/mol. The molecule has 10 heteroatoms. The minimum Gasteiger partial charge on any atom is -0.463 e. The summed E-state index contributed by atoms with van der Waals surface area (Å²) in [5, 5.41) is 13.3. The second kappa shape index (κ2) is 8.92. The average molecular weight is 365 g/mol. The van der Waals surface area contributed by atoms with E-state index in [4.69, 9.17) is 9.57 Å². The fourth-order valence-corrected chi connectivity index (χ4v) is 2.53. The predicted octanol–water partition coefficient (Wildman–Crippen LogP) is 1.91. The average Bonchev–Trinajstić information content (AvgIpc) is 3.23. The monoisotopic (exact) mass is 365 g/mol. The summed E-state index contributed by atoms with van der Waals surface area (Å²) in [6.45, 7) is 5.61. The lowest BCUT2D eigenvalue weighted by atomic mass is 10.2. The molecule has 134 valence electrons. The van der Waals surface area contributed by atoms with Crippen molar-refractivity contribution in [2.45, 2.75) is 26.7 Å². The Morgan fingerprint density at radius 3 is 2.84 bits per heavy atom. The highest BCUT2D eigenvalue weighted by atomic mass is 32.1. The number of thiazole rings is 1. The number of anilines is 1. The molecule has 0 aliphatic heterocycles. The first-order valence-electron chi connectivity index (χ1n) is 7.63. The Morgan fingerprint density at radius 1 is 1.44 bits per heavy atom. The molecule has 0 spiro atoms. The molecule has 9 nitrogen and oxygen atoms in total. The van der Waals surface area contributed by atoms with Crippen molar-refractivity contribution in [1.82, 2.24) is 15.2 Å². The standard InChI is InChI=1S/C15H19N5O4S/c1-4-23-12(21)8-24-20-13(10-5-6-17-19-10)14(22)18-15-16-7-11(25-15)9(2)3/h5-7,9H,4,8H2,1-3H3,(H,17,19)(H,16,18,22). The largest absolute Gasteiger partial charge is 0.463 e. The van der Waals surface area contributed by atoms with Crippen LogP contribution in [0.25, 0.3) is 0 Å². The normalized spacial score (nSPS) is 11.4. The van der Waals surface area contributed by atoms with Crippen molar-refractivity contribution in [2.75, 3.05) is 18.5 Å². The molecule has 0 aromatic carbocycles. The van der Waals surface area contributed by atoms with Crippen LogP contribution in [0.2, 0.25) is 0 Å². The molecule has 2 N–H and O–H groups in total. The van der Waals surface area contributed by atoms with E-state index in [9.17, 15) is 9.59 Å². The van der Waals surface area contributed by atoms with Crippen LogP contribution >= 0.6 is 11.3 Å². The number of amides is 1. The second-order valence-corrected chi connectivity index (χ2v) is 6.23. The highest BCUT2D eigenvalue weighted by Crippen LogP contribution is 2.25. The van der Waals surface area contributed by atoms with Gasteiger partial charge in [-0.3, -0.25) is 15.2 Å². The number of carbonyl (C=O) groups excluding carboxylic acids is 2. The number of esters is 1. The minimum atomic E-state index is -0.572. The van der Waals surface area contributed by atoms with E-state index in [-0.39, 0.29) is 12.3 Å². The molecule has 0 aliphatic rings. The smallest absolute Gasteiger partial charge is 0.347 e. The van der Waals surface area contributed by atoms with Gasteiger partial charge in [0.15, 0.2) is 10.8 Å². The summed E-state index contributed by atoms with van der Waals surface area (Å²) in [5.41, 5.74) is 0.296. The number of H-pyrrole nitrogens is 1. The third-order valence-electron chi connectivity index (χ3n) is 2.93. The highest BCUT2D eigenvalue weighted by Gasteiger charge is 2.19. The topological polar surface area (TPSA) is 119 Å². The first-order valence-corrected chi connectivity index (χ1v) is 8.45. The zero-order valence-electron chi connectivity index (χ0n) is 14.1. The van der Waals surface area contributed by atoms with E-state index in [1.807, 2.05) is 13.8 Å². The Kier molecular flexibility index (Phi) is 6.63. The third-order valence-corrected chi connectivity index (χ3v) is 4.14. The van der Waals surface area contributed by atoms with Gasteiger partial charge < -0.3 is 9.57 Å². The molecule has 1 amide bonds. The molecule has 0 fully saturated rings. The first kappa shape index (κ1) is 18.6. The van der Waals surface area contributed by atoms with E-state index < -0.39 is 18.5 Å². The minimum absolute atomic E-state index is 0.0527. The molecule has 0 bridgehead atoms. The van der Waals surface area contributed by atoms with E-state index in [0.717, 1.165) is 4.88 Å². The molecule has 2 aromatic rings. The maximum absolute atomic E-state index is 12.5. The lowest BCUT2D eigenvalue weighted by Crippen LogP contribution is -2.25. The number of nitrogens with zero attached hydrogens (tertiary/aromatic N) is 3. The van der Waals surface area contributed by atoms with Crippen molar-refractivity contribution in [3.05, 3.63) is 29.0 Å². The van der Waals surface area contributed by atoms with Gasteiger partial charge in [-0.05, 0) is 18.9 Å². The van der Waals surface area contributed by atoms with Gasteiger partial charge in [-0.1, -0.05) is 19.0 Å². The van der Waals surface area contributed by atoms with Crippen LogP contribution in [0, 0.1) is 0 Å². The van der Waals surface area contributed by atoms with E-state index in [2.05, 4.69) is 25.7 Å². The van der Waals surface area contributed by atoms with E-state index >= 15 is 0 Å². The number of carbonyl (C=O) groups is 2. The predicted molar refractivity (Wildman–Crippen MR) is 92.5 cm³/mol. The summed E-state index contributed by atoms with van der Waals surface area (Å²) in [6.07, 6.45) is 3.19. The summed E-state index contributed by atoms with van der Waals surface area (Å²) in [6, 6.07) is 1.56. The van der Waals surface area contributed by atoms with Crippen LogP contribution in [0.3, 0.4) is 0 Å². The number of nitrogens with one attached hydrogen (secondary N) is 2. The van der Waals surface area contributed by atoms with Gasteiger partial charge in [0.2, 0.25) is 6.61 Å².